The fourth-order valence-electron chi connectivity index (χ4n) is 2.48. The number of rotatable bonds is 3. The van der Waals surface area contributed by atoms with Gasteiger partial charge in [0.05, 0.1) is 0 Å². The summed E-state index contributed by atoms with van der Waals surface area (Å²) in [6.07, 6.45) is 3.41. The lowest BCUT2D eigenvalue weighted by atomic mass is 9.99. The van der Waals surface area contributed by atoms with E-state index in [1.54, 1.807) is 23.1 Å². The lowest BCUT2D eigenvalue weighted by molar-refractivity contribution is -0.128. The maximum atomic E-state index is 12.4. The van der Waals surface area contributed by atoms with Crippen molar-refractivity contribution in [1.29, 1.82) is 5.26 Å². The number of likely N-dealkylation sites (tertiary alicyclic amines) is 1. The van der Waals surface area contributed by atoms with E-state index in [1.165, 1.54) is 6.20 Å². The third-order valence-corrected chi connectivity index (χ3v) is 4.00. The van der Waals surface area contributed by atoms with Crippen LogP contribution >= 0.6 is 0 Å². The molecule has 1 aromatic carbocycles. The molecule has 0 saturated carbocycles. The van der Waals surface area contributed by atoms with Gasteiger partial charge in [-0.15, -0.1) is 0 Å². The van der Waals surface area contributed by atoms with E-state index in [2.05, 4.69) is 12.2 Å². The molecule has 1 amide bonds. The Labute approximate surface area is 130 Å². The third kappa shape index (κ3) is 3.79. The molecule has 1 saturated heterocycles. The number of carbonyl (C=O) groups is 1. The number of nitrogens with zero attached hydrogens (tertiary/aromatic N) is 2. The summed E-state index contributed by atoms with van der Waals surface area (Å²) in [7, 11) is 0. The fraction of sp³-hybridized carbons (Fsp3) is 0.412. The topological polar surface area (TPSA) is 76.4 Å². The first-order valence-electron chi connectivity index (χ1n) is 7.47. The van der Waals surface area contributed by atoms with Gasteiger partial charge < -0.3 is 15.3 Å². The maximum Gasteiger partial charge on any atom is 0.266 e. The third-order valence-electron chi connectivity index (χ3n) is 4.00. The second-order valence-corrected chi connectivity index (χ2v) is 5.79. The van der Waals surface area contributed by atoms with Crippen LogP contribution in [0, 0.1) is 24.2 Å². The van der Waals surface area contributed by atoms with Gasteiger partial charge in [0, 0.05) is 25.0 Å². The quantitative estimate of drug-likeness (QED) is 0.511. The molecule has 0 atom stereocenters. The van der Waals surface area contributed by atoms with Crippen molar-refractivity contribution in [2.75, 3.05) is 18.4 Å². The molecule has 0 spiro atoms. The van der Waals surface area contributed by atoms with Gasteiger partial charge in [-0.05, 0) is 49.4 Å². The molecule has 5 heteroatoms. The maximum absolute atomic E-state index is 12.4. The first-order chi connectivity index (χ1) is 10.5. The minimum Gasteiger partial charge on any atom is -0.508 e. The molecule has 1 aliphatic heterocycles. The zero-order valence-electron chi connectivity index (χ0n) is 13.0. The van der Waals surface area contributed by atoms with Crippen LogP contribution in [0.25, 0.3) is 0 Å². The summed E-state index contributed by atoms with van der Waals surface area (Å²) in [5.74, 6) is 0.598. The van der Waals surface area contributed by atoms with E-state index in [0.717, 1.165) is 24.1 Å². The highest BCUT2D eigenvalue weighted by molar-refractivity contribution is 5.97. The summed E-state index contributed by atoms with van der Waals surface area (Å²) >= 11 is 0. The van der Waals surface area contributed by atoms with Crippen molar-refractivity contribution in [3.8, 4) is 11.8 Å². The Kier molecular flexibility index (Phi) is 5.05. The summed E-state index contributed by atoms with van der Waals surface area (Å²) in [6, 6.07) is 6.86. The number of benzene rings is 1. The number of piperidine rings is 1. The van der Waals surface area contributed by atoms with Crippen LogP contribution in [0.5, 0.6) is 5.75 Å². The summed E-state index contributed by atoms with van der Waals surface area (Å²) < 4.78 is 0. The Hall–Kier alpha value is -2.48. The summed E-state index contributed by atoms with van der Waals surface area (Å²) in [5.41, 5.74) is 1.69. The molecule has 0 unspecified atom stereocenters. The highest BCUT2D eigenvalue weighted by atomic mass is 16.3. The van der Waals surface area contributed by atoms with E-state index in [4.69, 9.17) is 0 Å². The summed E-state index contributed by atoms with van der Waals surface area (Å²) in [4.78, 5) is 14.1. The number of nitriles is 1. The second-order valence-electron chi connectivity index (χ2n) is 5.79. The van der Waals surface area contributed by atoms with Crippen LogP contribution in [0.3, 0.4) is 0 Å². The van der Waals surface area contributed by atoms with E-state index >= 15 is 0 Å². The van der Waals surface area contributed by atoms with Gasteiger partial charge >= 0.3 is 0 Å². The van der Waals surface area contributed by atoms with E-state index in [9.17, 15) is 15.2 Å². The number of anilines is 1. The zero-order chi connectivity index (χ0) is 16.1. The molecule has 5 nitrogen and oxygen atoms in total. The number of aryl methyl sites for hydroxylation is 1. The monoisotopic (exact) mass is 299 g/mol. The van der Waals surface area contributed by atoms with Gasteiger partial charge in [-0.2, -0.15) is 5.26 Å². The molecule has 2 N–H and O–H groups in total. The lowest BCUT2D eigenvalue weighted by Crippen LogP contribution is -2.38. The molecule has 116 valence electrons. The molecular weight excluding hydrogens is 278 g/mol. The van der Waals surface area contributed by atoms with Crippen LogP contribution in [0.4, 0.5) is 5.69 Å². The number of hydrogen-bond donors (Lipinski definition) is 2. The first kappa shape index (κ1) is 15.9. The molecule has 1 heterocycles. The number of phenolic OH excluding ortho intramolecular Hbond substituents is 1. The van der Waals surface area contributed by atoms with Crippen molar-refractivity contribution in [3.63, 3.8) is 0 Å². The molecule has 0 bridgehead atoms. The minimum atomic E-state index is -0.224. The number of carbonyl (C=O) groups excluding carboxylic acids is 1. The van der Waals surface area contributed by atoms with Crippen molar-refractivity contribution < 1.29 is 9.90 Å². The van der Waals surface area contributed by atoms with Crippen LogP contribution in [-0.2, 0) is 4.79 Å². The largest absolute Gasteiger partial charge is 0.508 e. The van der Waals surface area contributed by atoms with Crippen LogP contribution in [-0.4, -0.2) is 29.0 Å². The standard InChI is InChI=1S/C17H21N3O2/c1-12-5-7-20(8-6-12)17(22)14(10-18)11-19-16-4-3-15(21)9-13(16)2/h3-4,9,11-12,19,21H,5-8H2,1-2H3/b14-11-. The van der Waals surface area contributed by atoms with Gasteiger partial charge in [0.1, 0.15) is 17.4 Å². The molecule has 0 radical (unpaired) electrons. The number of phenols is 1. The zero-order valence-corrected chi connectivity index (χ0v) is 13.0. The predicted octanol–water partition coefficient (Wildman–Crippen LogP) is 2.78. The highest BCUT2D eigenvalue weighted by Gasteiger charge is 2.22. The van der Waals surface area contributed by atoms with Crippen LogP contribution in [0.15, 0.2) is 30.0 Å². The van der Waals surface area contributed by atoms with Gasteiger partial charge in [0.25, 0.3) is 5.91 Å². The number of hydrogen-bond acceptors (Lipinski definition) is 4. The molecule has 0 aliphatic carbocycles. The highest BCUT2D eigenvalue weighted by Crippen LogP contribution is 2.21. The van der Waals surface area contributed by atoms with Gasteiger partial charge in [-0.1, -0.05) is 6.92 Å². The Morgan fingerprint density at radius 2 is 2.14 bits per heavy atom. The second kappa shape index (κ2) is 6.99. The molecular formula is C17H21N3O2. The number of amides is 1. The van der Waals surface area contributed by atoms with E-state index in [-0.39, 0.29) is 17.2 Å². The Morgan fingerprint density at radius 3 is 2.73 bits per heavy atom. The van der Waals surface area contributed by atoms with Crippen LogP contribution in [0.2, 0.25) is 0 Å². The average Bonchev–Trinajstić information content (AvgIpc) is 2.50. The lowest BCUT2D eigenvalue weighted by Gasteiger charge is -2.30. The Bertz CT molecular complexity index is 623. The van der Waals surface area contributed by atoms with Crippen molar-refractivity contribution in [3.05, 3.63) is 35.5 Å². The summed E-state index contributed by atoms with van der Waals surface area (Å²) in [5, 5.41) is 21.6. The van der Waals surface area contributed by atoms with E-state index < -0.39 is 0 Å². The average molecular weight is 299 g/mol. The van der Waals surface area contributed by atoms with Crippen LogP contribution < -0.4 is 5.32 Å². The molecule has 2 rings (SSSR count). The van der Waals surface area contributed by atoms with Gasteiger partial charge in [-0.3, -0.25) is 4.79 Å². The molecule has 0 aromatic heterocycles. The SMILES string of the molecule is Cc1cc(O)ccc1N/C=C(/C#N)C(=O)N1CCC(C)CC1. The van der Waals surface area contributed by atoms with Crippen molar-refractivity contribution in [2.24, 2.45) is 5.92 Å². The van der Waals surface area contributed by atoms with Gasteiger partial charge in [0.15, 0.2) is 0 Å². The molecule has 22 heavy (non-hydrogen) atoms. The van der Waals surface area contributed by atoms with E-state index in [0.29, 0.717) is 19.0 Å². The predicted molar refractivity (Wildman–Crippen MR) is 85.1 cm³/mol. The van der Waals surface area contributed by atoms with Crippen molar-refractivity contribution in [2.45, 2.75) is 26.7 Å². The van der Waals surface area contributed by atoms with Gasteiger partial charge in [0.2, 0.25) is 0 Å². The molecule has 1 fully saturated rings. The Balaban J connectivity index is 2.07. The molecule has 1 aromatic rings. The molecule has 1 aliphatic rings. The summed E-state index contributed by atoms with van der Waals surface area (Å²) in [6.45, 7) is 5.43. The first-order valence-corrected chi connectivity index (χ1v) is 7.47. The normalized spacial score (nSPS) is 16.2. The number of nitrogens with one attached hydrogen (secondary N) is 1. The van der Waals surface area contributed by atoms with Crippen LogP contribution in [0.1, 0.15) is 25.3 Å². The van der Waals surface area contributed by atoms with Crippen molar-refractivity contribution in [1.82, 2.24) is 4.90 Å². The number of aromatic hydroxyl groups is 1. The minimum absolute atomic E-state index is 0.0991. The van der Waals surface area contributed by atoms with Gasteiger partial charge in [-0.25, -0.2) is 0 Å². The fourth-order valence-corrected chi connectivity index (χ4v) is 2.48. The Morgan fingerprint density at radius 1 is 1.45 bits per heavy atom. The van der Waals surface area contributed by atoms with Crippen molar-refractivity contribution >= 4 is 11.6 Å². The smallest absolute Gasteiger partial charge is 0.266 e. The van der Waals surface area contributed by atoms with E-state index in [1.807, 2.05) is 13.0 Å².